The lowest BCUT2D eigenvalue weighted by atomic mass is 9.94. The van der Waals surface area contributed by atoms with Gasteiger partial charge in [0.05, 0.1) is 18.5 Å². The summed E-state index contributed by atoms with van der Waals surface area (Å²) >= 11 is 2.58. The van der Waals surface area contributed by atoms with Crippen molar-refractivity contribution < 1.29 is 57.4 Å². The van der Waals surface area contributed by atoms with Gasteiger partial charge in [-0.15, -0.1) is 22.7 Å². The maximum Gasteiger partial charge on any atom is 0.414 e. The van der Waals surface area contributed by atoms with Crippen LogP contribution in [0.5, 0.6) is 0 Å². The first-order chi connectivity index (χ1) is 43.4. The van der Waals surface area contributed by atoms with Gasteiger partial charge in [-0.2, -0.15) is 0 Å². The molecule has 2 fully saturated rings. The predicted octanol–water partition coefficient (Wildman–Crippen LogP) is 6.11. The lowest BCUT2D eigenvalue weighted by Gasteiger charge is -2.22. The number of hydrogen-bond acceptors (Lipinski definition) is 21. The molecule has 0 spiro atoms. The molecule has 31 heteroatoms. The number of guanidine groups is 2. The van der Waals surface area contributed by atoms with Gasteiger partial charge in [0.25, 0.3) is 11.8 Å². The minimum Gasteiger partial charge on any atom is -0.460 e. The summed E-state index contributed by atoms with van der Waals surface area (Å²) in [4.78, 5) is 146. The van der Waals surface area contributed by atoms with E-state index in [1.54, 1.807) is 125 Å². The van der Waals surface area contributed by atoms with Gasteiger partial charge in [-0.3, -0.25) is 54.2 Å². The number of nitrogens with one attached hydrogen (secondary N) is 4. The summed E-state index contributed by atoms with van der Waals surface area (Å²) in [6, 6.07) is -1.01. The third-order valence-electron chi connectivity index (χ3n) is 14.8. The van der Waals surface area contributed by atoms with Gasteiger partial charge in [-0.05, 0) is 121 Å². The fraction of sp³-hybridized carbons (Fsp3) is 0.629. The number of carbonyl (C=O) groups is 9. The molecule has 2 saturated heterocycles. The summed E-state index contributed by atoms with van der Waals surface area (Å²) in [5.41, 5.74) is 15.8. The Morgan fingerprint density at radius 2 is 1.02 bits per heavy atom. The number of amides is 6. The summed E-state index contributed by atoms with van der Waals surface area (Å²) in [6.45, 7) is 20.6. The van der Waals surface area contributed by atoms with Gasteiger partial charge in [0.2, 0.25) is 17.8 Å². The Labute approximate surface area is 551 Å². The number of alkyl carbamates (subject to hydrolysis) is 2. The smallest absolute Gasteiger partial charge is 0.414 e. The van der Waals surface area contributed by atoms with E-state index < -0.39 is 46.9 Å². The van der Waals surface area contributed by atoms with E-state index in [0.29, 0.717) is 98.2 Å². The first-order valence-electron chi connectivity index (χ1n) is 31.0. The van der Waals surface area contributed by atoms with E-state index in [1.807, 2.05) is 14.0 Å². The van der Waals surface area contributed by atoms with Crippen LogP contribution in [-0.4, -0.2) is 167 Å². The third kappa shape index (κ3) is 24.0. The Morgan fingerprint density at radius 3 is 1.42 bits per heavy atom. The molecule has 29 nitrogen and oxygen atoms in total. The van der Waals surface area contributed by atoms with Gasteiger partial charge in [0.1, 0.15) is 61.2 Å². The Balaban J connectivity index is 0.000000373. The highest BCUT2D eigenvalue weighted by Crippen LogP contribution is 2.40. The molecule has 2 aliphatic heterocycles. The minimum absolute atomic E-state index is 0.0333. The zero-order valence-electron chi connectivity index (χ0n) is 56.3. The van der Waals surface area contributed by atoms with Gasteiger partial charge in [0.15, 0.2) is 17.5 Å². The highest BCUT2D eigenvalue weighted by atomic mass is 32.1. The van der Waals surface area contributed by atoms with Crippen LogP contribution in [0.25, 0.3) is 0 Å². The van der Waals surface area contributed by atoms with Crippen LogP contribution in [0.15, 0.2) is 33.1 Å². The molecule has 0 radical (unpaired) electrons. The Kier molecular flexibility index (Phi) is 27.3. The van der Waals surface area contributed by atoms with E-state index in [4.69, 9.17) is 31.4 Å². The molecule has 4 aromatic rings. The number of unbranched alkanes of at least 4 members (excludes halogenated alkanes) is 2. The van der Waals surface area contributed by atoms with Crippen LogP contribution in [0.3, 0.4) is 0 Å². The molecule has 6 atom stereocenters. The first kappa shape index (κ1) is 75.5. The van der Waals surface area contributed by atoms with Crippen LogP contribution in [0.2, 0.25) is 0 Å². The van der Waals surface area contributed by atoms with E-state index in [-0.39, 0.29) is 108 Å². The Morgan fingerprint density at radius 1 is 0.602 bits per heavy atom. The maximum atomic E-state index is 13.8. The molecule has 10 N–H and O–H groups in total. The van der Waals surface area contributed by atoms with E-state index >= 15 is 0 Å². The highest BCUT2D eigenvalue weighted by molar-refractivity contribution is 7.10. The van der Waals surface area contributed by atoms with Gasteiger partial charge in [-0.25, -0.2) is 29.5 Å². The van der Waals surface area contributed by atoms with Crippen molar-refractivity contribution in [3.63, 3.8) is 0 Å². The summed E-state index contributed by atoms with van der Waals surface area (Å²) in [5.74, 6) is -1.92. The number of esters is 1. The molecule has 6 rings (SSSR count). The number of thiazole rings is 2. The van der Waals surface area contributed by atoms with Crippen molar-refractivity contribution in [2.24, 2.45) is 59.0 Å². The minimum atomic E-state index is -0.808. The molecule has 4 aromatic heterocycles. The van der Waals surface area contributed by atoms with Gasteiger partial charge < -0.3 is 61.0 Å². The number of likely N-dealkylation sites (tertiary alicyclic amines) is 2. The molecule has 0 bridgehead atoms. The van der Waals surface area contributed by atoms with Crippen molar-refractivity contribution in [2.75, 3.05) is 40.3 Å². The summed E-state index contributed by atoms with van der Waals surface area (Å²) < 4.78 is 19.7. The van der Waals surface area contributed by atoms with E-state index in [0.717, 1.165) is 5.82 Å². The van der Waals surface area contributed by atoms with Crippen LogP contribution >= 0.6 is 22.7 Å². The van der Waals surface area contributed by atoms with Crippen molar-refractivity contribution in [3.05, 3.63) is 67.6 Å². The summed E-state index contributed by atoms with van der Waals surface area (Å²) in [6.07, 6.45) is 6.08. The Hall–Kier alpha value is -8.19. The Bertz CT molecular complexity index is 3270. The fourth-order valence-electron chi connectivity index (χ4n) is 10.3. The number of nitrogens with two attached hydrogens (primary N) is 3. The van der Waals surface area contributed by atoms with Crippen molar-refractivity contribution in [2.45, 2.75) is 182 Å². The molecule has 0 aliphatic carbocycles. The predicted molar refractivity (Wildman–Crippen MR) is 351 cm³/mol. The molecule has 0 unspecified atom stereocenters. The van der Waals surface area contributed by atoms with Gasteiger partial charge in [-0.1, -0.05) is 12.8 Å². The van der Waals surface area contributed by atoms with Crippen LogP contribution < -0.4 is 38.5 Å². The van der Waals surface area contributed by atoms with Crippen molar-refractivity contribution in [1.29, 1.82) is 0 Å². The lowest BCUT2D eigenvalue weighted by molar-refractivity contribution is -0.155. The zero-order valence-corrected chi connectivity index (χ0v) is 57.9. The summed E-state index contributed by atoms with van der Waals surface area (Å²) in [7, 11) is 6.70. The number of rotatable bonds is 24. The van der Waals surface area contributed by atoms with Gasteiger partial charge in [0, 0.05) is 108 Å². The second-order valence-corrected chi connectivity index (χ2v) is 28.0. The molecule has 6 heterocycles. The second-order valence-electron chi connectivity index (χ2n) is 26.2. The SMILES string of the molecule is CNC(=O)[C@H](CCCCN=C(N)N)CC(=O)c1csc([C@@H]2C[C@@H](N)CN2C(=O)c2cn(C)c(C)n2)n1.CNC(=O)[C@H](CCCCN=C(NC(=O)OC(C)(C)C)NC(=O)OC(C)(C)C)CC(=O)c1csc([C@@H]2C[C@@H](CC(=O)OC(C)(C)C)CN2C(=O)c2cn(C)c(C)n2)n1. The number of ketones is 2. The third-order valence-corrected chi connectivity index (χ3v) is 16.7. The fourth-order valence-corrected chi connectivity index (χ4v) is 12.2. The normalized spacial score (nSPS) is 17.0. The molecule has 2 aliphatic rings. The molecule has 0 aromatic carbocycles. The monoisotopic (exact) mass is 1330 g/mol. The molecule has 0 saturated carbocycles. The molecule has 6 amide bonds. The van der Waals surface area contributed by atoms with Crippen molar-refractivity contribution >= 4 is 87.9 Å². The zero-order chi connectivity index (χ0) is 69.3. The van der Waals surface area contributed by atoms with Gasteiger partial charge >= 0.3 is 18.2 Å². The number of aromatic nitrogens is 6. The standard InChI is InChI=1S/C39H60N8O9S.C23H35N9O3S/c1-23-42-26(21-46(23)12)33(51)47-20-24(18-30(49)54-37(2,3)4)17-28(47)32-43-27(22-57-32)29(48)19-25(31(50)40-11)15-13-14-16-41-34(44-35(52)55-38(5,6)7)45-36(53)56-39(8,9)10;1-13-29-16(11-31(13)3)22(35)32-10-15(24)9-18(32)21-30-17(12-36-21)19(33)8-14(20(34)27-2)6-4-5-7-28-23(25)26/h21-22,24-25,28H,13-20H2,1-12H3,(H,40,50)(H2,41,44,45,52,53);11-12,14-15,18H,4-10,24H2,1-3H3,(H,27,34)(H4,25,26,28)/t24-,25+,28-;14-,15-,18+/m01/s1. The first-order valence-corrected chi connectivity index (χ1v) is 32.8. The van der Waals surface area contributed by atoms with Crippen LogP contribution in [0, 0.1) is 31.6 Å². The average molecular weight is 1330 g/mol. The number of aliphatic imine (C=N–C) groups is 2. The molecule has 93 heavy (non-hydrogen) atoms. The lowest BCUT2D eigenvalue weighted by Crippen LogP contribution is -2.47. The molecule has 512 valence electrons. The topological polar surface area (TPSA) is 400 Å². The number of nitrogens with zero attached hydrogens (tertiary/aromatic N) is 10. The number of ether oxygens (including phenoxy) is 3. The van der Waals surface area contributed by atoms with Crippen LogP contribution in [0.4, 0.5) is 9.59 Å². The van der Waals surface area contributed by atoms with E-state index in [2.05, 4.69) is 51.2 Å². The number of imidazole rings is 2. The molecular weight excluding hydrogens is 1240 g/mol. The average Bonchev–Trinajstić information content (AvgIpc) is 1.66. The van der Waals surface area contributed by atoms with E-state index in [1.165, 1.54) is 29.7 Å². The second kappa shape index (κ2) is 33.6. The number of carbonyl (C=O) groups excluding carboxylic acids is 9. The maximum absolute atomic E-state index is 13.8. The number of Topliss-reactive ketones (excluding diaryl/α,β-unsaturated/α-hetero) is 2. The van der Waals surface area contributed by atoms with Crippen molar-refractivity contribution in [1.82, 2.24) is 60.1 Å². The van der Waals surface area contributed by atoms with E-state index in [9.17, 15) is 43.2 Å². The van der Waals surface area contributed by atoms with Crippen molar-refractivity contribution in [3.8, 4) is 0 Å². The van der Waals surface area contributed by atoms with Crippen LogP contribution in [0.1, 0.15) is 209 Å². The van der Waals surface area contributed by atoms with Crippen LogP contribution in [-0.2, 0) is 42.7 Å². The summed E-state index contributed by atoms with van der Waals surface area (Å²) in [5, 5.41) is 14.7. The molecular formula is C62H95N17O12S2. The quantitative estimate of drug-likeness (QED) is 0.0104. The number of hydrogen-bond donors (Lipinski definition) is 7. The number of aryl methyl sites for hydroxylation is 4. The largest absolute Gasteiger partial charge is 0.460 e. The highest BCUT2D eigenvalue weighted by Gasteiger charge is 2.42.